The SMILES string of the molecule is Nc1cccc(Sc2nncs2)c1[N+](=O)[O-]. The second kappa shape index (κ2) is 4.45. The van der Waals surface area contributed by atoms with E-state index in [9.17, 15) is 10.1 Å². The minimum absolute atomic E-state index is 0.0808. The number of nitrogens with zero attached hydrogens (tertiary/aromatic N) is 3. The van der Waals surface area contributed by atoms with Gasteiger partial charge in [-0.15, -0.1) is 10.2 Å². The first-order valence-corrected chi connectivity index (χ1v) is 5.85. The zero-order valence-corrected chi connectivity index (χ0v) is 9.49. The number of nitrogens with two attached hydrogens (primary N) is 1. The molecule has 1 aromatic heterocycles. The van der Waals surface area contributed by atoms with Crippen molar-refractivity contribution in [2.24, 2.45) is 0 Å². The predicted molar refractivity (Wildman–Crippen MR) is 61.5 cm³/mol. The fourth-order valence-electron chi connectivity index (χ4n) is 1.12. The molecular formula is C8H6N4O2S2. The Balaban J connectivity index is 2.40. The highest BCUT2D eigenvalue weighted by atomic mass is 32.2. The van der Waals surface area contributed by atoms with Crippen LogP contribution in [0.3, 0.4) is 0 Å². The van der Waals surface area contributed by atoms with E-state index in [0.717, 1.165) is 0 Å². The van der Waals surface area contributed by atoms with Crippen molar-refractivity contribution >= 4 is 34.5 Å². The molecule has 0 unspecified atom stereocenters. The quantitative estimate of drug-likeness (QED) is 0.512. The van der Waals surface area contributed by atoms with Crippen molar-refractivity contribution in [1.82, 2.24) is 10.2 Å². The Morgan fingerprint density at radius 2 is 2.31 bits per heavy atom. The number of nitrogen functional groups attached to an aromatic ring is 1. The summed E-state index contributed by atoms with van der Waals surface area (Å²) >= 11 is 2.51. The van der Waals surface area contributed by atoms with Gasteiger partial charge in [-0.2, -0.15) is 0 Å². The van der Waals surface area contributed by atoms with Crippen LogP contribution >= 0.6 is 23.1 Å². The maximum atomic E-state index is 10.9. The summed E-state index contributed by atoms with van der Waals surface area (Å²) in [5.74, 6) is 0. The molecule has 6 nitrogen and oxygen atoms in total. The smallest absolute Gasteiger partial charge is 0.305 e. The molecule has 0 saturated heterocycles. The second-order valence-corrected chi connectivity index (χ2v) is 4.88. The van der Waals surface area contributed by atoms with E-state index in [1.165, 1.54) is 29.2 Å². The van der Waals surface area contributed by atoms with E-state index in [4.69, 9.17) is 5.73 Å². The summed E-state index contributed by atoms with van der Waals surface area (Å²) in [6.45, 7) is 0. The Morgan fingerprint density at radius 1 is 1.50 bits per heavy atom. The van der Waals surface area contributed by atoms with Gasteiger partial charge in [-0.3, -0.25) is 10.1 Å². The minimum atomic E-state index is -0.487. The van der Waals surface area contributed by atoms with Gasteiger partial charge in [0, 0.05) is 0 Å². The van der Waals surface area contributed by atoms with E-state index >= 15 is 0 Å². The van der Waals surface area contributed by atoms with E-state index in [1.54, 1.807) is 17.6 Å². The molecule has 0 bridgehead atoms. The molecule has 0 saturated carbocycles. The van der Waals surface area contributed by atoms with Gasteiger partial charge in [0.25, 0.3) is 0 Å². The zero-order chi connectivity index (χ0) is 11.5. The molecule has 0 amide bonds. The molecule has 1 heterocycles. The van der Waals surface area contributed by atoms with Crippen molar-refractivity contribution in [2.75, 3.05) is 5.73 Å². The van der Waals surface area contributed by atoms with E-state index < -0.39 is 4.92 Å². The van der Waals surface area contributed by atoms with Gasteiger partial charge < -0.3 is 5.73 Å². The fourth-order valence-corrected chi connectivity index (χ4v) is 2.70. The number of aromatic nitrogens is 2. The van der Waals surface area contributed by atoms with Gasteiger partial charge in [0.05, 0.1) is 9.82 Å². The average molecular weight is 254 g/mol. The number of nitro groups is 1. The molecule has 0 aliphatic carbocycles. The van der Waals surface area contributed by atoms with Gasteiger partial charge in [0.15, 0.2) is 4.34 Å². The first-order valence-electron chi connectivity index (χ1n) is 4.15. The highest BCUT2D eigenvalue weighted by Gasteiger charge is 2.19. The van der Waals surface area contributed by atoms with Crippen LogP contribution in [0.1, 0.15) is 0 Å². The van der Waals surface area contributed by atoms with Crippen molar-refractivity contribution in [3.05, 3.63) is 33.8 Å². The Morgan fingerprint density at radius 3 is 2.94 bits per heavy atom. The molecular weight excluding hydrogens is 248 g/mol. The topological polar surface area (TPSA) is 94.9 Å². The van der Waals surface area contributed by atoms with Gasteiger partial charge >= 0.3 is 5.69 Å². The van der Waals surface area contributed by atoms with E-state index in [1.807, 2.05) is 0 Å². The molecule has 0 fully saturated rings. The third-order valence-electron chi connectivity index (χ3n) is 1.75. The van der Waals surface area contributed by atoms with Gasteiger partial charge in [-0.05, 0) is 23.9 Å². The van der Waals surface area contributed by atoms with Crippen LogP contribution in [0.25, 0.3) is 0 Å². The van der Waals surface area contributed by atoms with Gasteiger partial charge in [0.2, 0.25) is 0 Å². The third kappa shape index (κ3) is 2.12. The van der Waals surface area contributed by atoms with Crippen LogP contribution in [0.2, 0.25) is 0 Å². The van der Waals surface area contributed by atoms with E-state index in [0.29, 0.717) is 9.24 Å². The standard InChI is InChI=1S/C8H6N4O2S2/c9-5-2-1-3-6(7(5)12(13)14)16-8-11-10-4-15-8/h1-4H,9H2. The van der Waals surface area contributed by atoms with Crippen LogP contribution in [0.5, 0.6) is 0 Å². The first kappa shape index (κ1) is 10.8. The second-order valence-electron chi connectivity index (χ2n) is 2.76. The number of benzene rings is 1. The lowest BCUT2D eigenvalue weighted by atomic mass is 10.3. The van der Waals surface area contributed by atoms with Crippen LogP contribution in [0.15, 0.2) is 32.9 Å². The Kier molecular flexibility index (Phi) is 3.02. The van der Waals surface area contributed by atoms with Crippen LogP contribution in [0, 0.1) is 10.1 Å². The molecule has 0 spiro atoms. The van der Waals surface area contributed by atoms with Crippen LogP contribution < -0.4 is 5.73 Å². The number of nitro benzene ring substituents is 1. The van der Waals surface area contributed by atoms with Gasteiger partial charge in [-0.1, -0.05) is 17.4 Å². The van der Waals surface area contributed by atoms with E-state index in [-0.39, 0.29) is 11.4 Å². The molecule has 2 rings (SSSR count). The highest BCUT2D eigenvalue weighted by molar-refractivity contribution is 8.01. The van der Waals surface area contributed by atoms with Gasteiger partial charge in [0.1, 0.15) is 11.2 Å². The summed E-state index contributed by atoms with van der Waals surface area (Å²) < 4.78 is 0.647. The number of anilines is 1. The van der Waals surface area contributed by atoms with Crippen molar-refractivity contribution < 1.29 is 4.92 Å². The van der Waals surface area contributed by atoms with Crippen LogP contribution in [-0.2, 0) is 0 Å². The summed E-state index contributed by atoms with van der Waals surface area (Å²) in [6.07, 6.45) is 0. The molecule has 0 atom stereocenters. The lowest BCUT2D eigenvalue weighted by Crippen LogP contribution is -1.97. The largest absolute Gasteiger partial charge is 0.393 e. The van der Waals surface area contributed by atoms with Crippen molar-refractivity contribution in [3.63, 3.8) is 0 Å². The molecule has 0 aliphatic rings. The summed E-state index contributed by atoms with van der Waals surface area (Å²) in [5.41, 5.74) is 7.21. The summed E-state index contributed by atoms with van der Waals surface area (Å²) in [4.78, 5) is 10.8. The number of hydrogen-bond acceptors (Lipinski definition) is 7. The summed E-state index contributed by atoms with van der Waals surface area (Å²) in [7, 11) is 0. The maximum absolute atomic E-state index is 10.9. The summed E-state index contributed by atoms with van der Waals surface area (Å²) in [6, 6.07) is 4.81. The normalized spacial score (nSPS) is 10.2. The van der Waals surface area contributed by atoms with Crippen molar-refractivity contribution in [1.29, 1.82) is 0 Å². The molecule has 0 radical (unpaired) electrons. The summed E-state index contributed by atoms with van der Waals surface area (Å²) in [5, 5.41) is 18.3. The number of para-hydroxylation sites is 1. The fraction of sp³-hybridized carbons (Fsp3) is 0. The molecule has 16 heavy (non-hydrogen) atoms. The monoisotopic (exact) mass is 254 g/mol. The Bertz CT molecular complexity index is 515. The molecule has 82 valence electrons. The average Bonchev–Trinajstić information content (AvgIpc) is 2.70. The van der Waals surface area contributed by atoms with Crippen LogP contribution in [0.4, 0.5) is 11.4 Å². The highest BCUT2D eigenvalue weighted by Crippen LogP contribution is 2.38. The lowest BCUT2D eigenvalue weighted by Gasteiger charge is -2.01. The number of rotatable bonds is 3. The predicted octanol–water partition coefficient (Wildman–Crippen LogP) is 2.18. The molecule has 8 heteroatoms. The van der Waals surface area contributed by atoms with Gasteiger partial charge in [-0.25, -0.2) is 0 Å². The first-order chi connectivity index (χ1) is 7.68. The molecule has 0 aliphatic heterocycles. The van der Waals surface area contributed by atoms with Crippen molar-refractivity contribution in [2.45, 2.75) is 9.24 Å². The zero-order valence-electron chi connectivity index (χ0n) is 7.86. The third-order valence-corrected chi connectivity index (χ3v) is 3.58. The van der Waals surface area contributed by atoms with Crippen molar-refractivity contribution in [3.8, 4) is 0 Å². The minimum Gasteiger partial charge on any atom is -0.393 e. The maximum Gasteiger partial charge on any atom is 0.305 e. The Hall–Kier alpha value is -1.67. The molecule has 2 N–H and O–H groups in total. The molecule has 1 aromatic carbocycles. The number of hydrogen-bond donors (Lipinski definition) is 1. The van der Waals surface area contributed by atoms with E-state index in [2.05, 4.69) is 10.2 Å². The van der Waals surface area contributed by atoms with Crippen LogP contribution in [-0.4, -0.2) is 15.1 Å². The molecule has 2 aromatic rings. The Labute approximate surface area is 98.7 Å². The lowest BCUT2D eigenvalue weighted by molar-refractivity contribution is -0.386.